The van der Waals surface area contributed by atoms with Gasteiger partial charge in [0.15, 0.2) is 0 Å². The average Bonchev–Trinajstić information content (AvgIpc) is 2.86. The zero-order valence-corrected chi connectivity index (χ0v) is 15.9. The van der Waals surface area contributed by atoms with Crippen LogP contribution in [0.25, 0.3) is 0 Å². The third-order valence-corrected chi connectivity index (χ3v) is 7.29. The number of hydrogen-bond acceptors (Lipinski definition) is 3. The molecular weight excluding hydrogens is 330 g/mol. The lowest BCUT2D eigenvalue weighted by Gasteiger charge is -2.42. The van der Waals surface area contributed by atoms with E-state index in [4.69, 9.17) is 16.3 Å². The molecule has 2 heterocycles. The van der Waals surface area contributed by atoms with E-state index in [0.29, 0.717) is 5.92 Å². The van der Waals surface area contributed by atoms with Crippen LogP contribution < -0.4 is 0 Å². The Hall–Kier alpha value is -0.580. The Labute approximate surface area is 148 Å². The van der Waals surface area contributed by atoms with Gasteiger partial charge in [-0.15, -0.1) is 11.3 Å². The standard InChI is InChI=1S/C18H27ClNO2S/c1-18(13-5-4-6-13,15-7-8-16(19)23-15)17(21)22-14-9-11-20(2,3)12-10-14/h7-8,13-14H,4-6,9-12H2,1-3H3/q+1/t18-/m0/s1. The monoisotopic (exact) mass is 356 g/mol. The number of carbonyl (C=O) groups is 1. The van der Waals surface area contributed by atoms with Gasteiger partial charge in [0.1, 0.15) is 11.5 Å². The van der Waals surface area contributed by atoms with E-state index >= 15 is 0 Å². The molecule has 0 amide bonds. The van der Waals surface area contributed by atoms with Crippen molar-refractivity contribution in [3.63, 3.8) is 0 Å². The van der Waals surface area contributed by atoms with E-state index in [-0.39, 0.29) is 12.1 Å². The van der Waals surface area contributed by atoms with Crippen molar-refractivity contribution in [3.05, 3.63) is 21.3 Å². The summed E-state index contributed by atoms with van der Waals surface area (Å²) in [5, 5.41) is 0. The summed E-state index contributed by atoms with van der Waals surface area (Å²) in [7, 11) is 4.48. The second-order valence-electron chi connectivity index (χ2n) is 7.92. The van der Waals surface area contributed by atoms with Gasteiger partial charge in [0.2, 0.25) is 0 Å². The van der Waals surface area contributed by atoms with Crippen molar-refractivity contribution in [1.29, 1.82) is 0 Å². The van der Waals surface area contributed by atoms with E-state index in [9.17, 15) is 4.79 Å². The molecule has 0 unspecified atom stereocenters. The van der Waals surface area contributed by atoms with Gasteiger partial charge in [-0.25, -0.2) is 0 Å². The van der Waals surface area contributed by atoms with E-state index in [2.05, 4.69) is 21.0 Å². The van der Waals surface area contributed by atoms with Gasteiger partial charge in [-0.1, -0.05) is 18.0 Å². The fourth-order valence-electron chi connectivity index (χ4n) is 3.68. The van der Waals surface area contributed by atoms with Crippen LogP contribution in [0.3, 0.4) is 0 Å². The van der Waals surface area contributed by atoms with Crippen molar-refractivity contribution in [2.75, 3.05) is 27.2 Å². The molecule has 1 aromatic rings. The van der Waals surface area contributed by atoms with Crippen LogP contribution in [-0.4, -0.2) is 43.7 Å². The molecule has 1 atom stereocenters. The van der Waals surface area contributed by atoms with Crippen molar-refractivity contribution in [3.8, 4) is 0 Å². The third kappa shape index (κ3) is 3.45. The van der Waals surface area contributed by atoms with E-state index in [0.717, 1.165) is 52.5 Å². The fourth-order valence-corrected chi connectivity index (χ4v) is 4.94. The van der Waals surface area contributed by atoms with Gasteiger partial charge in [0, 0.05) is 17.7 Å². The third-order valence-electron chi connectivity index (χ3n) is 5.82. The molecule has 3 rings (SSSR count). The van der Waals surface area contributed by atoms with Crippen LogP contribution in [0, 0.1) is 5.92 Å². The summed E-state index contributed by atoms with van der Waals surface area (Å²) < 4.78 is 7.75. The quantitative estimate of drug-likeness (QED) is 0.595. The van der Waals surface area contributed by atoms with Crippen LogP contribution in [0.1, 0.15) is 43.9 Å². The molecule has 1 saturated carbocycles. The van der Waals surface area contributed by atoms with Crippen molar-refractivity contribution in [2.45, 2.75) is 50.5 Å². The van der Waals surface area contributed by atoms with Crippen LogP contribution in [0.5, 0.6) is 0 Å². The highest BCUT2D eigenvalue weighted by molar-refractivity contribution is 7.16. The Morgan fingerprint density at radius 3 is 2.39 bits per heavy atom. The SMILES string of the molecule is C[C@@](C(=O)OC1CC[N+](C)(C)CC1)(c1ccc(Cl)s1)C1CCC1. The Morgan fingerprint density at radius 1 is 1.26 bits per heavy atom. The predicted molar refractivity (Wildman–Crippen MR) is 95.0 cm³/mol. The molecule has 0 radical (unpaired) electrons. The maximum absolute atomic E-state index is 13.1. The minimum absolute atomic E-state index is 0.0436. The van der Waals surface area contributed by atoms with Crippen LogP contribution in [0.4, 0.5) is 0 Å². The number of nitrogens with zero attached hydrogens (tertiary/aromatic N) is 1. The molecule has 2 fully saturated rings. The zero-order valence-electron chi connectivity index (χ0n) is 14.3. The van der Waals surface area contributed by atoms with Gasteiger partial charge in [-0.05, 0) is 37.8 Å². The topological polar surface area (TPSA) is 26.3 Å². The maximum Gasteiger partial charge on any atom is 0.317 e. The van der Waals surface area contributed by atoms with Gasteiger partial charge in [0.25, 0.3) is 0 Å². The molecule has 1 aliphatic carbocycles. The van der Waals surface area contributed by atoms with Gasteiger partial charge >= 0.3 is 5.97 Å². The lowest BCUT2D eigenvalue weighted by atomic mass is 9.65. The predicted octanol–water partition coefficient (Wildman–Crippen LogP) is 4.24. The number of halogens is 1. The van der Waals surface area contributed by atoms with Crippen LogP contribution in [0.15, 0.2) is 12.1 Å². The van der Waals surface area contributed by atoms with Crippen molar-refractivity contribution in [2.24, 2.45) is 5.92 Å². The van der Waals surface area contributed by atoms with Crippen LogP contribution in [0.2, 0.25) is 4.34 Å². The number of thiophene rings is 1. The molecule has 1 aromatic heterocycles. The first-order valence-electron chi connectivity index (χ1n) is 8.60. The molecule has 128 valence electrons. The number of likely N-dealkylation sites (tertiary alicyclic amines) is 1. The van der Waals surface area contributed by atoms with E-state index in [1.165, 1.54) is 17.8 Å². The Bertz CT molecular complexity index is 571. The summed E-state index contributed by atoms with van der Waals surface area (Å²) in [6.07, 6.45) is 5.42. The smallest absolute Gasteiger partial charge is 0.317 e. The van der Waals surface area contributed by atoms with Crippen molar-refractivity contribution < 1.29 is 14.0 Å². The minimum atomic E-state index is -0.530. The molecule has 23 heavy (non-hydrogen) atoms. The van der Waals surface area contributed by atoms with Crippen LogP contribution >= 0.6 is 22.9 Å². The van der Waals surface area contributed by atoms with Gasteiger partial charge in [0.05, 0.1) is 31.5 Å². The number of quaternary nitrogens is 1. The van der Waals surface area contributed by atoms with E-state index < -0.39 is 5.41 Å². The molecule has 0 aromatic carbocycles. The number of hydrogen-bond donors (Lipinski definition) is 0. The maximum atomic E-state index is 13.1. The molecular formula is C18H27ClNO2S+. The van der Waals surface area contributed by atoms with Gasteiger partial charge in [-0.3, -0.25) is 4.79 Å². The van der Waals surface area contributed by atoms with Crippen molar-refractivity contribution >= 4 is 28.9 Å². The number of piperidine rings is 1. The first-order chi connectivity index (χ1) is 10.8. The number of esters is 1. The average molecular weight is 357 g/mol. The first kappa shape index (κ1) is 17.2. The first-order valence-corrected chi connectivity index (χ1v) is 9.79. The molecule has 0 spiro atoms. The van der Waals surface area contributed by atoms with E-state index in [1.54, 1.807) is 0 Å². The molecule has 1 saturated heterocycles. The zero-order chi connectivity index (χ0) is 16.7. The highest BCUT2D eigenvalue weighted by atomic mass is 35.5. The summed E-state index contributed by atoms with van der Waals surface area (Å²) in [4.78, 5) is 14.1. The molecule has 0 bridgehead atoms. The Morgan fingerprint density at radius 2 is 1.91 bits per heavy atom. The molecule has 3 nitrogen and oxygen atoms in total. The molecule has 5 heteroatoms. The second-order valence-corrected chi connectivity index (χ2v) is 9.64. The second kappa shape index (κ2) is 6.38. The largest absolute Gasteiger partial charge is 0.461 e. The molecule has 0 N–H and O–H groups in total. The fraction of sp³-hybridized carbons (Fsp3) is 0.722. The number of rotatable bonds is 4. The van der Waals surface area contributed by atoms with Crippen molar-refractivity contribution in [1.82, 2.24) is 0 Å². The number of ether oxygens (including phenoxy) is 1. The summed E-state index contributed by atoms with van der Waals surface area (Å²) in [6, 6.07) is 3.90. The summed E-state index contributed by atoms with van der Waals surface area (Å²) in [6.45, 7) is 4.20. The van der Waals surface area contributed by atoms with Gasteiger partial charge in [-0.2, -0.15) is 0 Å². The molecule has 2 aliphatic rings. The lowest BCUT2D eigenvalue weighted by molar-refractivity contribution is -0.896. The summed E-state index contributed by atoms with van der Waals surface area (Å²) in [5.74, 6) is 0.346. The lowest BCUT2D eigenvalue weighted by Crippen LogP contribution is -2.50. The molecule has 1 aliphatic heterocycles. The Balaban J connectivity index is 1.74. The summed E-state index contributed by atoms with van der Waals surface area (Å²) in [5.41, 5.74) is -0.530. The number of carbonyl (C=O) groups excluding carboxylic acids is 1. The Kier molecular flexibility index (Phi) is 4.78. The normalized spacial score (nSPS) is 24.7. The van der Waals surface area contributed by atoms with Gasteiger partial charge < -0.3 is 9.22 Å². The highest BCUT2D eigenvalue weighted by Gasteiger charge is 2.48. The summed E-state index contributed by atoms with van der Waals surface area (Å²) >= 11 is 7.65. The van der Waals surface area contributed by atoms with Crippen LogP contribution in [-0.2, 0) is 14.9 Å². The minimum Gasteiger partial charge on any atom is -0.461 e. The van der Waals surface area contributed by atoms with E-state index in [1.807, 2.05) is 12.1 Å². The highest BCUT2D eigenvalue weighted by Crippen LogP contribution is 2.47.